The van der Waals surface area contributed by atoms with E-state index in [9.17, 15) is 14.7 Å². The second-order valence-corrected chi connectivity index (χ2v) is 8.01. The lowest BCUT2D eigenvalue weighted by Gasteiger charge is -2.23. The molecule has 1 aliphatic heterocycles. The Hall–Kier alpha value is -3.65. The maximum Gasteiger partial charge on any atom is 0.301 e. The number of carbonyl (C=O) groups is 2. The molecule has 8 heteroatoms. The number of aliphatic hydroxyl groups excluding tert-OH is 1. The Morgan fingerprint density at radius 1 is 1.16 bits per heavy atom. The first-order chi connectivity index (χ1) is 15.5. The number of methoxy groups -OCH3 is 1. The molecule has 1 saturated heterocycles. The summed E-state index contributed by atoms with van der Waals surface area (Å²) in [5.74, 6) is -0.545. The Kier molecular flexibility index (Phi) is 6.23. The molecule has 32 heavy (non-hydrogen) atoms. The highest BCUT2D eigenvalue weighted by Gasteiger charge is 2.48. The number of rotatable bonds is 7. The molecule has 1 unspecified atom stereocenters. The number of nitrogens with zero attached hydrogens (tertiary/aromatic N) is 2. The van der Waals surface area contributed by atoms with Crippen LogP contribution in [0.1, 0.15) is 30.5 Å². The SMILES string of the molecule is CCCOc1cccc(/C(O)=C2\C(=O)C(=O)N(c3nccs3)C2c2ccc(OC)cc2)c1. The molecule has 1 amide bonds. The highest BCUT2D eigenvalue weighted by Crippen LogP contribution is 2.43. The number of anilines is 1. The van der Waals surface area contributed by atoms with Crippen LogP contribution in [-0.4, -0.2) is 35.5 Å². The van der Waals surface area contributed by atoms with Crippen LogP contribution in [-0.2, 0) is 9.59 Å². The molecule has 1 aromatic heterocycles. The zero-order valence-corrected chi connectivity index (χ0v) is 18.5. The Labute approximate surface area is 189 Å². The van der Waals surface area contributed by atoms with E-state index in [-0.39, 0.29) is 11.3 Å². The van der Waals surface area contributed by atoms with Crippen LogP contribution in [0.15, 0.2) is 65.7 Å². The Balaban J connectivity index is 1.86. The van der Waals surface area contributed by atoms with Crippen LogP contribution < -0.4 is 14.4 Å². The molecule has 0 spiro atoms. The number of Topliss-reactive ketones (excluding diaryl/α,β-unsaturated/α-hetero) is 1. The maximum absolute atomic E-state index is 13.1. The number of hydrogen-bond acceptors (Lipinski definition) is 7. The Bertz CT molecular complexity index is 1160. The van der Waals surface area contributed by atoms with Crippen LogP contribution in [0.25, 0.3) is 5.76 Å². The molecule has 3 aromatic rings. The molecule has 0 saturated carbocycles. The van der Waals surface area contributed by atoms with Crippen molar-refractivity contribution in [2.75, 3.05) is 18.6 Å². The van der Waals surface area contributed by atoms with Gasteiger partial charge in [0, 0.05) is 17.1 Å². The molecule has 1 N–H and O–H groups in total. The first-order valence-electron chi connectivity index (χ1n) is 10.1. The van der Waals surface area contributed by atoms with Crippen molar-refractivity contribution in [2.45, 2.75) is 19.4 Å². The van der Waals surface area contributed by atoms with Gasteiger partial charge in [-0.2, -0.15) is 0 Å². The first-order valence-corrected chi connectivity index (χ1v) is 11.0. The van der Waals surface area contributed by atoms with E-state index >= 15 is 0 Å². The second-order valence-electron chi connectivity index (χ2n) is 7.13. The van der Waals surface area contributed by atoms with E-state index in [0.717, 1.165) is 6.42 Å². The van der Waals surface area contributed by atoms with Gasteiger partial charge in [0.25, 0.3) is 5.78 Å². The minimum absolute atomic E-state index is 0.00279. The normalized spacial score (nSPS) is 17.6. The van der Waals surface area contributed by atoms with Crippen molar-refractivity contribution in [3.05, 3.63) is 76.8 Å². The average molecular weight is 451 g/mol. The summed E-state index contributed by atoms with van der Waals surface area (Å²) < 4.78 is 10.9. The number of thiazole rings is 1. The van der Waals surface area contributed by atoms with Gasteiger partial charge in [-0.25, -0.2) is 4.98 Å². The molecule has 1 fully saturated rings. The van der Waals surface area contributed by atoms with E-state index in [4.69, 9.17) is 9.47 Å². The molecule has 2 aromatic carbocycles. The lowest BCUT2D eigenvalue weighted by Crippen LogP contribution is -2.29. The molecule has 7 nitrogen and oxygen atoms in total. The van der Waals surface area contributed by atoms with E-state index in [1.807, 2.05) is 6.92 Å². The van der Waals surface area contributed by atoms with E-state index in [1.165, 1.54) is 16.2 Å². The molecule has 4 rings (SSSR count). The van der Waals surface area contributed by atoms with Crippen molar-refractivity contribution in [3.8, 4) is 11.5 Å². The number of ketones is 1. The molecule has 0 radical (unpaired) electrons. The predicted molar refractivity (Wildman–Crippen MR) is 122 cm³/mol. The summed E-state index contributed by atoms with van der Waals surface area (Å²) in [6, 6.07) is 13.1. The molecule has 0 bridgehead atoms. The van der Waals surface area contributed by atoms with E-state index in [1.54, 1.807) is 67.2 Å². The number of carbonyl (C=O) groups excluding carboxylic acids is 2. The van der Waals surface area contributed by atoms with Gasteiger partial charge in [-0.05, 0) is 36.2 Å². The van der Waals surface area contributed by atoms with Crippen molar-refractivity contribution >= 4 is 33.9 Å². The monoisotopic (exact) mass is 450 g/mol. The standard InChI is InChI=1S/C24H22N2O5S/c1-3-12-31-18-6-4-5-16(14-18)21(27)19-20(15-7-9-17(30-2)10-8-15)26(23(29)22(19)28)24-25-11-13-32-24/h4-11,13-14,20,27H,3,12H2,1-2H3/b21-19+. The third kappa shape index (κ3) is 3.97. The number of benzene rings is 2. The number of amides is 1. The number of hydrogen-bond donors (Lipinski definition) is 1. The quantitative estimate of drug-likeness (QED) is 0.322. The van der Waals surface area contributed by atoms with Gasteiger partial charge >= 0.3 is 5.91 Å². The van der Waals surface area contributed by atoms with Crippen LogP contribution in [0.5, 0.6) is 11.5 Å². The molecule has 0 aliphatic carbocycles. The van der Waals surface area contributed by atoms with Gasteiger partial charge in [0.2, 0.25) is 0 Å². The zero-order valence-electron chi connectivity index (χ0n) is 17.6. The lowest BCUT2D eigenvalue weighted by atomic mass is 9.95. The van der Waals surface area contributed by atoms with Gasteiger partial charge in [0.05, 0.1) is 25.3 Å². The number of aliphatic hydroxyl groups is 1. The molecular formula is C24H22N2O5S. The molecule has 2 heterocycles. The van der Waals surface area contributed by atoms with Gasteiger partial charge in [-0.15, -0.1) is 11.3 Å². The van der Waals surface area contributed by atoms with Crippen molar-refractivity contribution in [1.29, 1.82) is 0 Å². The summed E-state index contributed by atoms with van der Waals surface area (Å²) >= 11 is 1.25. The van der Waals surface area contributed by atoms with Gasteiger partial charge in [0.1, 0.15) is 17.3 Å². The van der Waals surface area contributed by atoms with Crippen LogP contribution in [0.3, 0.4) is 0 Å². The molecule has 1 atom stereocenters. The fraction of sp³-hybridized carbons (Fsp3) is 0.208. The summed E-state index contributed by atoms with van der Waals surface area (Å²) in [5.41, 5.74) is 1.05. The van der Waals surface area contributed by atoms with Gasteiger partial charge in [-0.3, -0.25) is 14.5 Å². The largest absolute Gasteiger partial charge is 0.507 e. The third-order valence-corrected chi connectivity index (χ3v) is 5.85. The summed E-state index contributed by atoms with van der Waals surface area (Å²) in [5, 5.41) is 13.3. The van der Waals surface area contributed by atoms with Gasteiger partial charge in [0.15, 0.2) is 5.13 Å². The highest BCUT2D eigenvalue weighted by molar-refractivity contribution is 7.14. The molecule has 164 valence electrons. The van der Waals surface area contributed by atoms with Crippen molar-refractivity contribution < 1.29 is 24.2 Å². The fourth-order valence-electron chi connectivity index (χ4n) is 3.57. The van der Waals surface area contributed by atoms with Gasteiger partial charge in [-0.1, -0.05) is 31.2 Å². The predicted octanol–water partition coefficient (Wildman–Crippen LogP) is 4.57. The second kappa shape index (κ2) is 9.23. The number of ether oxygens (including phenoxy) is 2. The molecular weight excluding hydrogens is 428 g/mol. The Morgan fingerprint density at radius 3 is 2.59 bits per heavy atom. The lowest BCUT2D eigenvalue weighted by molar-refractivity contribution is -0.132. The topological polar surface area (TPSA) is 89.0 Å². The highest BCUT2D eigenvalue weighted by atomic mass is 32.1. The van der Waals surface area contributed by atoms with Crippen molar-refractivity contribution in [2.24, 2.45) is 0 Å². The van der Waals surface area contributed by atoms with E-state index < -0.39 is 17.7 Å². The summed E-state index contributed by atoms with van der Waals surface area (Å²) in [6.45, 7) is 2.53. The number of aromatic nitrogens is 1. The van der Waals surface area contributed by atoms with Crippen LogP contribution >= 0.6 is 11.3 Å². The maximum atomic E-state index is 13.1. The minimum atomic E-state index is -0.827. The average Bonchev–Trinajstić information content (AvgIpc) is 3.44. The van der Waals surface area contributed by atoms with Crippen LogP contribution in [0.4, 0.5) is 5.13 Å². The van der Waals surface area contributed by atoms with Crippen molar-refractivity contribution in [1.82, 2.24) is 4.98 Å². The first kappa shape index (κ1) is 21.6. The zero-order chi connectivity index (χ0) is 22.7. The van der Waals surface area contributed by atoms with Crippen molar-refractivity contribution in [3.63, 3.8) is 0 Å². The smallest absolute Gasteiger partial charge is 0.301 e. The van der Waals surface area contributed by atoms with E-state index in [0.29, 0.717) is 34.4 Å². The minimum Gasteiger partial charge on any atom is -0.507 e. The summed E-state index contributed by atoms with van der Waals surface area (Å²) in [6.07, 6.45) is 2.41. The third-order valence-electron chi connectivity index (χ3n) is 5.08. The Morgan fingerprint density at radius 2 is 1.94 bits per heavy atom. The van der Waals surface area contributed by atoms with E-state index in [2.05, 4.69) is 4.98 Å². The van der Waals surface area contributed by atoms with Crippen LogP contribution in [0, 0.1) is 0 Å². The van der Waals surface area contributed by atoms with Crippen LogP contribution in [0.2, 0.25) is 0 Å². The van der Waals surface area contributed by atoms with Gasteiger partial charge < -0.3 is 14.6 Å². The fourth-order valence-corrected chi connectivity index (χ4v) is 4.24. The summed E-state index contributed by atoms with van der Waals surface area (Å²) in [4.78, 5) is 31.7. The molecule has 1 aliphatic rings. The summed E-state index contributed by atoms with van der Waals surface area (Å²) in [7, 11) is 1.56.